The van der Waals surface area contributed by atoms with Crippen LogP contribution in [0.4, 0.5) is 26.0 Å². The molecule has 29 heavy (non-hydrogen) atoms. The number of hydrogen-bond donors (Lipinski definition) is 3. The highest BCUT2D eigenvalue weighted by Crippen LogP contribution is 2.31. The van der Waals surface area contributed by atoms with Gasteiger partial charge in [0.2, 0.25) is 5.91 Å². The molecular weight excluding hydrogens is 398 g/mol. The summed E-state index contributed by atoms with van der Waals surface area (Å²) in [7, 11) is 1.81. The fraction of sp³-hybridized carbons (Fsp3) is 0.350. The van der Waals surface area contributed by atoms with Gasteiger partial charge in [0.1, 0.15) is 11.6 Å². The molecule has 9 heteroatoms. The molecule has 1 heterocycles. The first-order chi connectivity index (χ1) is 13.9. The van der Waals surface area contributed by atoms with Crippen LogP contribution >= 0.6 is 11.9 Å². The van der Waals surface area contributed by atoms with Gasteiger partial charge in [-0.1, -0.05) is 12.8 Å². The van der Waals surface area contributed by atoms with Crippen LogP contribution in [0.1, 0.15) is 43.0 Å². The molecule has 1 aromatic heterocycles. The molecule has 1 aliphatic carbocycles. The third kappa shape index (κ3) is 7.01. The normalized spacial score (nSPS) is 13.2. The maximum Gasteiger partial charge on any atom is 0.222 e. The van der Waals surface area contributed by atoms with Crippen LogP contribution in [-0.4, -0.2) is 29.5 Å². The fourth-order valence-corrected chi connectivity index (χ4v) is 3.73. The average molecular weight is 423 g/mol. The van der Waals surface area contributed by atoms with Crippen molar-refractivity contribution >= 4 is 41.3 Å². The van der Waals surface area contributed by atoms with E-state index in [-0.39, 0.29) is 17.9 Å². The minimum atomic E-state index is -0.825. The number of amides is 1. The Balaban J connectivity index is 0.000000221. The van der Waals surface area contributed by atoms with Crippen molar-refractivity contribution in [3.8, 4) is 0 Å². The maximum atomic E-state index is 13.7. The second-order valence-corrected chi connectivity index (χ2v) is 7.54. The molecule has 0 aliphatic heterocycles. The van der Waals surface area contributed by atoms with E-state index < -0.39 is 17.2 Å². The largest absolute Gasteiger partial charge is 0.387 e. The molecule has 1 fully saturated rings. The summed E-state index contributed by atoms with van der Waals surface area (Å²) < 4.78 is 29.6. The van der Waals surface area contributed by atoms with Crippen LogP contribution in [0.15, 0.2) is 30.5 Å². The van der Waals surface area contributed by atoms with E-state index in [0.29, 0.717) is 11.1 Å². The topological polar surface area (TPSA) is 83.1 Å². The first-order valence-electron chi connectivity index (χ1n) is 9.20. The number of hydrogen-bond acceptors (Lipinski definition) is 6. The molecule has 1 aliphatic rings. The lowest BCUT2D eigenvalue weighted by Gasteiger charge is -2.12. The first-order valence-corrected chi connectivity index (χ1v) is 10.1. The fourth-order valence-electron chi connectivity index (χ4n) is 2.71. The van der Waals surface area contributed by atoms with E-state index in [9.17, 15) is 18.4 Å². The summed E-state index contributed by atoms with van der Waals surface area (Å²) in [6.45, 7) is 1.45. The Hall–Kier alpha value is -2.68. The summed E-state index contributed by atoms with van der Waals surface area (Å²) in [5, 5.41) is 5.98. The minimum Gasteiger partial charge on any atom is -0.387 e. The number of halogens is 2. The number of benzene rings is 1. The molecule has 1 aromatic carbocycles. The zero-order chi connectivity index (χ0) is 21.2. The van der Waals surface area contributed by atoms with Crippen LogP contribution in [0, 0.1) is 11.6 Å². The highest BCUT2D eigenvalue weighted by Gasteiger charge is 2.18. The summed E-state index contributed by atoms with van der Waals surface area (Å²) >= 11 is 1.45. The SMILES string of the molecule is CNc1ccc(NC(C)=O)nc1.O=Cc1c(F)ccc(NSC2CCCC2)c1F. The molecule has 0 atom stereocenters. The summed E-state index contributed by atoms with van der Waals surface area (Å²) in [6.07, 6.45) is 6.49. The molecule has 0 bridgehead atoms. The Morgan fingerprint density at radius 2 is 1.93 bits per heavy atom. The quantitative estimate of drug-likeness (QED) is 0.455. The van der Waals surface area contributed by atoms with Crippen molar-refractivity contribution in [3.05, 3.63) is 47.7 Å². The third-order valence-corrected chi connectivity index (χ3v) is 5.38. The Bertz CT molecular complexity index is 828. The van der Waals surface area contributed by atoms with E-state index in [1.54, 1.807) is 12.3 Å². The van der Waals surface area contributed by atoms with Crippen molar-refractivity contribution in [2.24, 2.45) is 0 Å². The van der Waals surface area contributed by atoms with Crippen molar-refractivity contribution < 1.29 is 18.4 Å². The molecule has 3 N–H and O–H groups in total. The molecule has 0 saturated heterocycles. The third-order valence-electron chi connectivity index (χ3n) is 4.24. The molecule has 0 spiro atoms. The standard InChI is InChI=1S/C12H13F2NOS.C8H11N3O/c13-10-5-6-11(12(14)9(10)7-16)15-17-8-3-1-2-4-8;1-6(12)11-8-4-3-7(9-2)5-10-8/h5-8,15H,1-4H2;3-5,9H,1-2H3,(H,10,11,12). The van der Waals surface area contributed by atoms with Crippen LogP contribution < -0.4 is 15.4 Å². The molecule has 156 valence electrons. The number of nitrogens with zero attached hydrogens (tertiary/aromatic N) is 1. The zero-order valence-corrected chi connectivity index (χ0v) is 17.1. The molecule has 0 unspecified atom stereocenters. The Labute approximate surface area is 173 Å². The lowest BCUT2D eigenvalue weighted by Crippen LogP contribution is -2.07. The number of pyridine rings is 1. The van der Waals surface area contributed by atoms with E-state index in [2.05, 4.69) is 20.3 Å². The second-order valence-electron chi connectivity index (χ2n) is 6.43. The predicted octanol–water partition coefficient (Wildman–Crippen LogP) is 4.86. The smallest absolute Gasteiger partial charge is 0.222 e. The lowest BCUT2D eigenvalue weighted by atomic mass is 10.2. The summed E-state index contributed by atoms with van der Waals surface area (Å²) in [5.41, 5.74) is 0.580. The molecule has 2 aromatic rings. The predicted molar refractivity (Wildman–Crippen MR) is 113 cm³/mol. The van der Waals surface area contributed by atoms with Gasteiger partial charge in [0.05, 0.1) is 23.1 Å². The van der Waals surface area contributed by atoms with Gasteiger partial charge in [-0.05, 0) is 49.1 Å². The number of anilines is 3. The number of aromatic nitrogens is 1. The molecular formula is C20H24F2N4O2S. The number of carbonyl (C=O) groups excluding carboxylic acids is 2. The summed E-state index contributed by atoms with van der Waals surface area (Å²) in [6, 6.07) is 6.01. The maximum absolute atomic E-state index is 13.7. The van der Waals surface area contributed by atoms with Gasteiger partial charge in [0.25, 0.3) is 0 Å². The van der Waals surface area contributed by atoms with Gasteiger partial charge in [-0.2, -0.15) is 0 Å². The highest BCUT2D eigenvalue weighted by atomic mass is 32.2. The highest BCUT2D eigenvalue weighted by molar-refractivity contribution is 8.01. The first kappa shape index (κ1) is 22.6. The molecule has 6 nitrogen and oxygen atoms in total. The van der Waals surface area contributed by atoms with Crippen LogP contribution in [0.25, 0.3) is 0 Å². The van der Waals surface area contributed by atoms with Gasteiger partial charge in [-0.25, -0.2) is 13.8 Å². The number of carbonyl (C=O) groups is 2. The summed E-state index contributed by atoms with van der Waals surface area (Å²) in [5.74, 6) is -1.18. The van der Waals surface area contributed by atoms with E-state index in [0.717, 1.165) is 24.6 Å². The Kier molecular flexibility index (Phi) is 8.85. The molecule has 1 amide bonds. The van der Waals surface area contributed by atoms with Crippen LogP contribution in [0.2, 0.25) is 0 Å². The van der Waals surface area contributed by atoms with Gasteiger partial charge in [0.15, 0.2) is 12.1 Å². The van der Waals surface area contributed by atoms with Crippen molar-refractivity contribution in [1.29, 1.82) is 0 Å². The van der Waals surface area contributed by atoms with Gasteiger partial charge in [-0.15, -0.1) is 0 Å². The van der Waals surface area contributed by atoms with E-state index in [1.165, 1.54) is 37.8 Å². The van der Waals surface area contributed by atoms with E-state index in [4.69, 9.17) is 0 Å². The van der Waals surface area contributed by atoms with Crippen molar-refractivity contribution in [2.75, 3.05) is 22.4 Å². The zero-order valence-electron chi connectivity index (χ0n) is 16.3. The van der Waals surface area contributed by atoms with Crippen molar-refractivity contribution in [2.45, 2.75) is 37.9 Å². The monoisotopic (exact) mass is 422 g/mol. The van der Waals surface area contributed by atoms with E-state index in [1.807, 2.05) is 13.1 Å². The van der Waals surface area contributed by atoms with E-state index >= 15 is 0 Å². The van der Waals surface area contributed by atoms with Gasteiger partial charge < -0.3 is 15.4 Å². The van der Waals surface area contributed by atoms with Gasteiger partial charge in [0, 0.05) is 19.2 Å². The van der Waals surface area contributed by atoms with Crippen molar-refractivity contribution in [3.63, 3.8) is 0 Å². The van der Waals surface area contributed by atoms with Gasteiger partial charge in [-0.3, -0.25) is 9.59 Å². The molecule has 1 saturated carbocycles. The number of nitrogens with one attached hydrogen (secondary N) is 3. The Morgan fingerprint density at radius 3 is 2.48 bits per heavy atom. The Morgan fingerprint density at radius 1 is 1.21 bits per heavy atom. The minimum absolute atomic E-state index is 0.111. The second kappa shape index (κ2) is 11.4. The van der Waals surface area contributed by atoms with Crippen LogP contribution in [0.5, 0.6) is 0 Å². The summed E-state index contributed by atoms with van der Waals surface area (Å²) in [4.78, 5) is 25.1. The van der Waals surface area contributed by atoms with Gasteiger partial charge >= 0.3 is 0 Å². The average Bonchev–Trinajstić information content (AvgIpc) is 3.22. The number of aldehydes is 1. The lowest BCUT2D eigenvalue weighted by molar-refractivity contribution is -0.114. The van der Waals surface area contributed by atoms with Crippen LogP contribution in [-0.2, 0) is 4.79 Å². The van der Waals surface area contributed by atoms with Crippen molar-refractivity contribution in [1.82, 2.24) is 4.98 Å². The van der Waals surface area contributed by atoms with Crippen LogP contribution in [0.3, 0.4) is 0 Å². The number of rotatable bonds is 6. The molecule has 0 radical (unpaired) electrons. The molecule has 3 rings (SSSR count).